The summed E-state index contributed by atoms with van der Waals surface area (Å²) in [6.45, 7) is 9.96. The van der Waals surface area contributed by atoms with Crippen LogP contribution in [0.4, 0.5) is 4.79 Å². The van der Waals surface area contributed by atoms with Crippen LogP contribution in [0.3, 0.4) is 0 Å². The first-order valence-corrected chi connectivity index (χ1v) is 8.57. The van der Waals surface area contributed by atoms with Crippen LogP contribution in [-0.2, 0) is 11.2 Å². The summed E-state index contributed by atoms with van der Waals surface area (Å²) in [5, 5.41) is 8.80. The molecule has 2 rings (SSSR count). The molecule has 0 unspecified atom stereocenters. The van der Waals surface area contributed by atoms with E-state index < -0.39 is 5.60 Å². The molecule has 0 aromatic heterocycles. The normalized spacial score (nSPS) is 15.8. The Hall–Kier alpha value is -2.06. The van der Waals surface area contributed by atoms with Crippen molar-refractivity contribution < 1.29 is 9.53 Å². The number of hydrogen-bond donors (Lipinski definition) is 0. The van der Waals surface area contributed by atoms with Gasteiger partial charge >= 0.3 is 6.09 Å². The molecule has 5 nitrogen and oxygen atoms in total. The molecule has 5 heteroatoms. The number of hydrogen-bond acceptors (Lipinski definition) is 4. The van der Waals surface area contributed by atoms with Crippen molar-refractivity contribution >= 4 is 6.09 Å². The van der Waals surface area contributed by atoms with E-state index in [4.69, 9.17) is 10.00 Å². The van der Waals surface area contributed by atoms with Gasteiger partial charge in [0.15, 0.2) is 0 Å². The van der Waals surface area contributed by atoms with E-state index in [0.29, 0.717) is 5.56 Å². The lowest BCUT2D eigenvalue weighted by Gasteiger charge is -2.35. The van der Waals surface area contributed by atoms with Crippen molar-refractivity contribution in [3.63, 3.8) is 0 Å². The lowest BCUT2D eigenvalue weighted by atomic mass is 10.1. The molecule has 1 aliphatic heterocycles. The van der Waals surface area contributed by atoms with Gasteiger partial charge in [-0.15, -0.1) is 0 Å². The summed E-state index contributed by atoms with van der Waals surface area (Å²) in [7, 11) is 0. The van der Waals surface area contributed by atoms with Crippen LogP contribution in [0, 0.1) is 11.3 Å². The van der Waals surface area contributed by atoms with Crippen molar-refractivity contribution in [1.82, 2.24) is 9.80 Å². The number of carbonyl (C=O) groups excluding carboxylic acids is 1. The number of rotatable bonds is 4. The Morgan fingerprint density at radius 2 is 1.79 bits per heavy atom. The maximum absolute atomic E-state index is 12.0. The Kier molecular flexibility index (Phi) is 6.22. The highest BCUT2D eigenvalue weighted by Crippen LogP contribution is 2.12. The van der Waals surface area contributed by atoms with Gasteiger partial charge in [-0.2, -0.15) is 5.26 Å². The average molecular weight is 329 g/mol. The lowest BCUT2D eigenvalue weighted by molar-refractivity contribution is 0.0145. The van der Waals surface area contributed by atoms with Gasteiger partial charge < -0.3 is 9.64 Å². The van der Waals surface area contributed by atoms with Gasteiger partial charge in [-0.05, 0) is 57.9 Å². The smallest absolute Gasteiger partial charge is 0.410 e. The van der Waals surface area contributed by atoms with E-state index in [0.717, 1.165) is 45.6 Å². The van der Waals surface area contributed by atoms with Gasteiger partial charge in [0.1, 0.15) is 5.60 Å². The fourth-order valence-electron chi connectivity index (χ4n) is 2.73. The molecule has 130 valence electrons. The fourth-order valence-corrected chi connectivity index (χ4v) is 2.73. The van der Waals surface area contributed by atoms with Crippen molar-refractivity contribution in [3.8, 4) is 6.07 Å². The molecular weight excluding hydrogens is 302 g/mol. The predicted molar refractivity (Wildman–Crippen MR) is 93.7 cm³/mol. The maximum atomic E-state index is 12.0. The number of nitrogens with zero attached hydrogens (tertiary/aromatic N) is 3. The molecule has 0 atom stereocenters. The number of aryl methyl sites for hydroxylation is 1. The standard InChI is InChI=1S/C19H27N3O2/c1-19(2,3)24-18(23)22-13-11-21(12-14-22)10-4-5-16-6-8-17(15-20)9-7-16/h6-9H,4-5,10-14H2,1-3H3. The van der Waals surface area contributed by atoms with Gasteiger partial charge in [0, 0.05) is 26.2 Å². The molecule has 0 bridgehead atoms. The van der Waals surface area contributed by atoms with Crippen LogP contribution < -0.4 is 0 Å². The molecule has 0 radical (unpaired) electrons. The van der Waals surface area contributed by atoms with Gasteiger partial charge in [0.25, 0.3) is 0 Å². The number of ether oxygens (including phenoxy) is 1. The van der Waals surface area contributed by atoms with Gasteiger partial charge in [0.2, 0.25) is 0 Å². The van der Waals surface area contributed by atoms with Crippen LogP contribution in [0.5, 0.6) is 0 Å². The first-order chi connectivity index (χ1) is 11.4. The number of amides is 1. The van der Waals surface area contributed by atoms with Gasteiger partial charge in [-0.25, -0.2) is 4.79 Å². The zero-order valence-corrected chi connectivity index (χ0v) is 14.9. The van der Waals surface area contributed by atoms with Crippen LogP contribution >= 0.6 is 0 Å². The average Bonchev–Trinajstić information content (AvgIpc) is 2.54. The van der Waals surface area contributed by atoms with Crippen LogP contribution in [-0.4, -0.2) is 54.2 Å². The summed E-state index contributed by atoms with van der Waals surface area (Å²) in [6, 6.07) is 9.93. The summed E-state index contributed by atoms with van der Waals surface area (Å²) in [5.74, 6) is 0. The maximum Gasteiger partial charge on any atom is 0.410 e. The number of benzene rings is 1. The minimum absolute atomic E-state index is 0.209. The van der Waals surface area contributed by atoms with Crippen LogP contribution in [0.2, 0.25) is 0 Å². The summed E-state index contributed by atoms with van der Waals surface area (Å²) in [6.07, 6.45) is 1.88. The molecule has 1 saturated heterocycles. The third kappa shape index (κ3) is 5.86. The molecule has 0 spiro atoms. The predicted octanol–water partition coefficient (Wildman–Crippen LogP) is 3.04. The van der Waals surface area contributed by atoms with Crippen molar-refractivity contribution in [1.29, 1.82) is 5.26 Å². The van der Waals surface area contributed by atoms with Crippen molar-refractivity contribution in [2.75, 3.05) is 32.7 Å². The molecule has 1 aliphatic rings. The van der Waals surface area contributed by atoms with E-state index >= 15 is 0 Å². The highest BCUT2D eigenvalue weighted by Gasteiger charge is 2.25. The topological polar surface area (TPSA) is 56.6 Å². The zero-order valence-electron chi connectivity index (χ0n) is 14.9. The van der Waals surface area contributed by atoms with Gasteiger partial charge in [0.05, 0.1) is 11.6 Å². The van der Waals surface area contributed by atoms with Crippen molar-refractivity contribution in [3.05, 3.63) is 35.4 Å². The van der Waals surface area contributed by atoms with E-state index in [1.165, 1.54) is 5.56 Å². The largest absolute Gasteiger partial charge is 0.444 e. The van der Waals surface area contributed by atoms with Crippen molar-refractivity contribution in [2.24, 2.45) is 0 Å². The summed E-state index contributed by atoms with van der Waals surface area (Å²) in [4.78, 5) is 16.2. The van der Waals surface area contributed by atoms with Crippen LogP contribution in [0.15, 0.2) is 24.3 Å². The van der Waals surface area contributed by atoms with Gasteiger partial charge in [-0.3, -0.25) is 4.90 Å². The van der Waals surface area contributed by atoms with E-state index in [-0.39, 0.29) is 6.09 Å². The first-order valence-electron chi connectivity index (χ1n) is 8.57. The number of carbonyl (C=O) groups is 1. The minimum Gasteiger partial charge on any atom is -0.444 e. The second-order valence-corrected chi connectivity index (χ2v) is 7.22. The highest BCUT2D eigenvalue weighted by molar-refractivity contribution is 5.68. The van der Waals surface area contributed by atoms with Crippen molar-refractivity contribution in [2.45, 2.75) is 39.2 Å². The van der Waals surface area contributed by atoms with E-state index in [2.05, 4.69) is 11.0 Å². The highest BCUT2D eigenvalue weighted by atomic mass is 16.6. The molecule has 1 heterocycles. The van der Waals surface area contributed by atoms with Crippen LogP contribution in [0.25, 0.3) is 0 Å². The summed E-state index contributed by atoms with van der Waals surface area (Å²) in [5.41, 5.74) is 1.54. The molecule has 1 fully saturated rings. The zero-order chi connectivity index (χ0) is 17.6. The lowest BCUT2D eigenvalue weighted by Crippen LogP contribution is -2.50. The Balaban J connectivity index is 1.67. The first kappa shape index (κ1) is 18.3. The second-order valence-electron chi connectivity index (χ2n) is 7.22. The molecule has 0 saturated carbocycles. The molecule has 0 aliphatic carbocycles. The monoisotopic (exact) mass is 329 g/mol. The number of nitriles is 1. The Morgan fingerprint density at radius 1 is 1.17 bits per heavy atom. The SMILES string of the molecule is CC(C)(C)OC(=O)N1CCN(CCCc2ccc(C#N)cc2)CC1. The van der Waals surface area contributed by atoms with E-state index in [9.17, 15) is 4.79 Å². The number of piperazine rings is 1. The minimum atomic E-state index is -0.435. The third-order valence-electron chi connectivity index (χ3n) is 4.05. The molecule has 0 N–H and O–H groups in total. The Labute approximate surface area is 144 Å². The Morgan fingerprint density at radius 3 is 2.33 bits per heavy atom. The van der Waals surface area contributed by atoms with Gasteiger partial charge in [-0.1, -0.05) is 12.1 Å². The summed E-state index contributed by atoms with van der Waals surface area (Å²) < 4.78 is 5.42. The molecule has 1 aromatic rings. The van der Waals surface area contributed by atoms with E-state index in [1.807, 2.05) is 45.0 Å². The quantitative estimate of drug-likeness (QED) is 0.852. The van der Waals surface area contributed by atoms with E-state index in [1.54, 1.807) is 4.90 Å². The molecule has 24 heavy (non-hydrogen) atoms. The third-order valence-corrected chi connectivity index (χ3v) is 4.05. The molecule has 1 amide bonds. The van der Waals surface area contributed by atoms with Crippen LogP contribution in [0.1, 0.15) is 38.3 Å². The fraction of sp³-hybridized carbons (Fsp3) is 0.579. The molecular formula is C19H27N3O2. The summed E-state index contributed by atoms with van der Waals surface area (Å²) >= 11 is 0. The Bertz CT molecular complexity index is 576. The molecule has 1 aromatic carbocycles. The second kappa shape index (κ2) is 8.16.